The number of carboxylic acids is 1. The van der Waals surface area contributed by atoms with Gasteiger partial charge in [-0.15, -0.1) is 0 Å². The maximum Gasteiger partial charge on any atom is 0.327 e. The van der Waals surface area contributed by atoms with E-state index in [0.29, 0.717) is 32.6 Å². The van der Waals surface area contributed by atoms with Crippen LogP contribution in [0.3, 0.4) is 0 Å². The van der Waals surface area contributed by atoms with E-state index in [4.69, 9.17) is 11.1 Å². The van der Waals surface area contributed by atoms with E-state index in [1.54, 1.807) is 9.80 Å². The summed E-state index contributed by atoms with van der Waals surface area (Å²) in [7, 11) is 0. The van der Waals surface area contributed by atoms with Crippen LogP contribution >= 0.6 is 0 Å². The number of imide groups is 1. The summed E-state index contributed by atoms with van der Waals surface area (Å²) in [5.74, 6) is -2.13. The van der Waals surface area contributed by atoms with Gasteiger partial charge in [-0.3, -0.25) is 15.1 Å². The number of piperidine rings is 1. The van der Waals surface area contributed by atoms with Gasteiger partial charge in [-0.2, -0.15) is 0 Å². The quantitative estimate of drug-likeness (QED) is 0.184. The summed E-state index contributed by atoms with van der Waals surface area (Å²) in [6.45, 7) is 4.73. The highest BCUT2D eigenvalue weighted by Crippen LogP contribution is 2.36. The number of rotatable bonds is 10. The van der Waals surface area contributed by atoms with Crippen molar-refractivity contribution in [1.29, 1.82) is 5.41 Å². The highest BCUT2D eigenvalue weighted by Gasteiger charge is 2.56. The lowest BCUT2D eigenvalue weighted by atomic mass is 9.78. The van der Waals surface area contributed by atoms with Crippen LogP contribution in [0.2, 0.25) is 0 Å². The normalized spacial score (nSPS) is 24.3. The van der Waals surface area contributed by atoms with Crippen LogP contribution < -0.4 is 5.73 Å². The van der Waals surface area contributed by atoms with Crippen molar-refractivity contribution < 1.29 is 19.5 Å². The number of nitrogens with one attached hydrogen (secondary N) is 1. The van der Waals surface area contributed by atoms with Crippen LogP contribution in [0, 0.1) is 17.2 Å². The Bertz CT molecular complexity index is 981. The molecule has 0 radical (unpaired) electrons. The van der Waals surface area contributed by atoms with Gasteiger partial charge in [0.2, 0.25) is 5.91 Å². The fourth-order valence-corrected chi connectivity index (χ4v) is 6.09. The van der Waals surface area contributed by atoms with E-state index in [-0.39, 0.29) is 17.8 Å². The Morgan fingerprint density at radius 2 is 1.68 bits per heavy atom. The Morgan fingerprint density at radius 1 is 0.974 bits per heavy atom. The molecule has 38 heavy (non-hydrogen) atoms. The van der Waals surface area contributed by atoms with Crippen LogP contribution in [0.4, 0.5) is 4.79 Å². The molecule has 0 aliphatic carbocycles. The molecular weight excluding hydrogens is 484 g/mol. The van der Waals surface area contributed by atoms with Crippen molar-refractivity contribution in [3.05, 3.63) is 35.9 Å². The fraction of sp³-hybridized carbons (Fsp3) is 0.643. The maximum atomic E-state index is 13.1. The fourth-order valence-electron chi connectivity index (χ4n) is 6.09. The number of urea groups is 1. The number of hydrogen-bond acceptors (Lipinski definition) is 5. The maximum absolute atomic E-state index is 13.1. The summed E-state index contributed by atoms with van der Waals surface area (Å²) >= 11 is 0. The smallest absolute Gasteiger partial charge is 0.327 e. The minimum absolute atomic E-state index is 0.00317. The van der Waals surface area contributed by atoms with Crippen molar-refractivity contribution in [2.45, 2.75) is 57.4 Å². The van der Waals surface area contributed by atoms with Crippen molar-refractivity contribution in [1.82, 2.24) is 19.6 Å². The van der Waals surface area contributed by atoms with E-state index >= 15 is 0 Å². The lowest BCUT2D eigenvalue weighted by Gasteiger charge is -2.47. The molecule has 0 bridgehead atoms. The second-order valence-corrected chi connectivity index (χ2v) is 10.9. The van der Waals surface area contributed by atoms with Crippen molar-refractivity contribution in [3.8, 4) is 0 Å². The number of aliphatic carboxylic acids is 1. The minimum atomic E-state index is -1.13. The Hall–Kier alpha value is -3.14. The molecule has 0 saturated carbocycles. The highest BCUT2D eigenvalue weighted by atomic mass is 16.4. The van der Waals surface area contributed by atoms with Gasteiger partial charge in [-0.1, -0.05) is 43.2 Å². The monoisotopic (exact) mass is 526 g/mol. The molecule has 1 aromatic rings. The van der Waals surface area contributed by atoms with Crippen LogP contribution in [0.25, 0.3) is 0 Å². The Balaban J connectivity index is 1.17. The van der Waals surface area contributed by atoms with E-state index in [1.165, 1.54) is 24.8 Å². The summed E-state index contributed by atoms with van der Waals surface area (Å²) in [6.07, 6.45) is 7.94. The van der Waals surface area contributed by atoms with Gasteiger partial charge in [-0.05, 0) is 56.6 Å². The van der Waals surface area contributed by atoms with Gasteiger partial charge in [0, 0.05) is 39.3 Å². The average molecular weight is 527 g/mol. The molecule has 0 spiro atoms. The van der Waals surface area contributed by atoms with E-state index in [2.05, 4.69) is 29.2 Å². The zero-order valence-electron chi connectivity index (χ0n) is 22.3. The van der Waals surface area contributed by atoms with Gasteiger partial charge in [0.05, 0.1) is 5.92 Å². The minimum Gasteiger partial charge on any atom is -0.480 e. The first-order chi connectivity index (χ1) is 18.3. The lowest BCUT2D eigenvalue weighted by Crippen LogP contribution is -2.69. The van der Waals surface area contributed by atoms with Crippen LogP contribution in [0.5, 0.6) is 0 Å². The number of carbonyl (C=O) groups is 3. The Morgan fingerprint density at radius 3 is 2.37 bits per heavy atom. The highest BCUT2D eigenvalue weighted by molar-refractivity contribution is 6.07. The first kappa shape index (κ1) is 27.9. The second kappa shape index (κ2) is 13.1. The summed E-state index contributed by atoms with van der Waals surface area (Å²) in [4.78, 5) is 44.8. The van der Waals surface area contributed by atoms with Crippen molar-refractivity contribution in [3.63, 3.8) is 0 Å². The lowest BCUT2D eigenvalue weighted by molar-refractivity contribution is -0.167. The number of carboxylic acid groups (broad SMARTS) is 1. The number of aryl methyl sites for hydroxylation is 1. The standard InChI is InChI=1S/C28H42N6O4/c29-27(30)33-14-8-12-22(20-33)19-23-24(26(36)37)34(25(23)35)28(38)32-17-15-31(16-18-32)13-7-2-1-4-9-21-10-5-3-6-11-21/h3,5-6,10-11,22-24H,1-2,4,7-9,12-20H2,(H3,29,30)(H,36,37)/t22?,23-,24?/m1/s1. The average Bonchev–Trinajstić information content (AvgIpc) is 2.92. The molecule has 1 aromatic carbocycles. The van der Waals surface area contributed by atoms with Crippen molar-refractivity contribution >= 4 is 23.9 Å². The second-order valence-electron chi connectivity index (χ2n) is 10.9. The molecule has 0 aromatic heterocycles. The zero-order chi connectivity index (χ0) is 27.1. The van der Waals surface area contributed by atoms with Crippen molar-refractivity contribution in [2.24, 2.45) is 17.6 Å². The molecule has 2 unspecified atom stereocenters. The summed E-state index contributed by atoms with van der Waals surface area (Å²) in [5.41, 5.74) is 7.00. The van der Waals surface area contributed by atoms with Gasteiger partial charge in [0.25, 0.3) is 0 Å². The predicted molar refractivity (Wildman–Crippen MR) is 145 cm³/mol. The molecule has 3 fully saturated rings. The number of hydrogen-bond donors (Lipinski definition) is 3. The molecule has 10 heteroatoms. The molecule has 3 amide bonds. The zero-order valence-corrected chi connectivity index (χ0v) is 22.3. The summed E-state index contributed by atoms with van der Waals surface area (Å²) in [5, 5.41) is 17.5. The first-order valence-electron chi connectivity index (χ1n) is 14.0. The topological polar surface area (TPSA) is 134 Å². The number of β-lactam (4-membered cyclic amide) rings is 1. The third kappa shape index (κ3) is 6.83. The van der Waals surface area contributed by atoms with Gasteiger partial charge in [0.15, 0.2) is 12.0 Å². The van der Waals surface area contributed by atoms with E-state index < -0.39 is 24.0 Å². The number of benzene rings is 1. The number of unbranched alkanes of at least 4 members (excludes halogenated alkanes) is 3. The van der Waals surface area contributed by atoms with Gasteiger partial charge in [-0.25, -0.2) is 14.5 Å². The number of likely N-dealkylation sites (tertiary alicyclic amines) is 2. The molecule has 3 aliphatic rings. The van der Waals surface area contributed by atoms with Gasteiger partial charge >= 0.3 is 12.0 Å². The number of nitrogens with two attached hydrogens (primary N) is 1. The third-order valence-corrected chi connectivity index (χ3v) is 8.30. The Kier molecular flexibility index (Phi) is 9.60. The van der Waals surface area contributed by atoms with E-state index in [9.17, 15) is 19.5 Å². The molecule has 3 atom stereocenters. The molecule has 10 nitrogen and oxygen atoms in total. The van der Waals surface area contributed by atoms with E-state index in [1.807, 2.05) is 6.07 Å². The van der Waals surface area contributed by atoms with Crippen LogP contribution in [-0.4, -0.2) is 100 Å². The molecule has 4 rings (SSSR count). The number of amides is 3. The van der Waals surface area contributed by atoms with Crippen molar-refractivity contribution in [2.75, 3.05) is 45.8 Å². The molecule has 4 N–H and O–H groups in total. The van der Waals surface area contributed by atoms with E-state index in [0.717, 1.165) is 50.2 Å². The summed E-state index contributed by atoms with van der Waals surface area (Å²) in [6, 6.07) is 8.96. The number of nitrogens with zero attached hydrogens (tertiary/aromatic N) is 4. The first-order valence-corrected chi connectivity index (χ1v) is 14.0. The molecule has 3 aliphatic heterocycles. The van der Waals surface area contributed by atoms with Gasteiger partial charge in [0.1, 0.15) is 0 Å². The van der Waals surface area contributed by atoms with Gasteiger partial charge < -0.3 is 20.6 Å². The molecule has 3 heterocycles. The number of carbonyl (C=O) groups excluding carboxylic acids is 2. The molecule has 3 saturated heterocycles. The molecule has 208 valence electrons. The SMILES string of the molecule is N=C(N)N1CCCC(C[C@H]2C(=O)N(C(=O)N3CCN(CCCCCCc4ccccc4)CC3)C2C(=O)O)C1. The predicted octanol–water partition coefficient (Wildman–Crippen LogP) is 2.43. The van der Waals surface area contributed by atoms with Crippen LogP contribution in [0.15, 0.2) is 30.3 Å². The summed E-state index contributed by atoms with van der Waals surface area (Å²) < 4.78 is 0. The van der Waals surface area contributed by atoms with Crippen LogP contribution in [0.1, 0.15) is 50.5 Å². The molecular formula is C28H42N6O4. The number of piperazine rings is 1. The van der Waals surface area contributed by atoms with Crippen LogP contribution in [-0.2, 0) is 16.0 Å². The Labute approximate surface area is 225 Å². The largest absolute Gasteiger partial charge is 0.480 e. The number of guanidine groups is 1. The third-order valence-electron chi connectivity index (χ3n) is 8.30.